The molecule has 4 N–H and O–H groups in total. The molecule has 0 aliphatic carbocycles. The first-order chi connectivity index (χ1) is 6.70. The van der Waals surface area contributed by atoms with E-state index in [1.165, 1.54) is 0 Å². The first kappa shape index (κ1) is 13.2. The SMILES string of the molecule is CCCNC(=O)NCCC(N)COC. The fourth-order valence-corrected chi connectivity index (χ4v) is 0.970. The molecule has 0 bridgehead atoms. The molecule has 0 aliphatic heterocycles. The number of nitrogens with two attached hydrogens (primary N) is 1. The molecule has 0 aromatic carbocycles. The Morgan fingerprint density at radius 1 is 1.43 bits per heavy atom. The number of ether oxygens (including phenoxy) is 1. The van der Waals surface area contributed by atoms with Gasteiger partial charge in [-0.25, -0.2) is 4.79 Å². The van der Waals surface area contributed by atoms with Crippen LogP contribution in [0.25, 0.3) is 0 Å². The summed E-state index contributed by atoms with van der Waals surface area (Å²) in [6.45, 7) is 3.82. The molecule has 5 nitrogen and oxygen atoms in total. The van der Waals surface area contributed by atoms with Gasteiger partial charge in [-0.15, -0.1) is 0 Å². The van der Waals surface area contributed by atoms with Crippen LogP contribution in [0, 0.1) is 0 Å². The Hall–Kier alpha value is -0.810. The highest BCUT2D eigenvalue weighted by Gasteiger charge is 2.02. The van der Waals surface area contributed by atoms with E-state index in [9.17, 15) is 4.79 Å². The lowest BCUT2D eigenvalue weighted by Crippen LogP contribution is -2.39. The number of carbonyl (C=O) groups is 1. The smallest absolute Gasteiger partial charge is 0.314 e. The summed E-state index contributed by atoms with van der Waals surface area (Å²) in [6, 6.07) is -0.136. The van der Waals surface area contributed by atoms with Crippen LogP contribution in [-0.4, -0.2) is 38.9 Å². The molecule has 5 heteroatoms. The van der Waals surface area contributed by atoms with Gasteiger partial charge in [0, 0.05) is 26.2 Å². The molecule has 0 saturated carbocycles. The molecule has 0 aromatic heterocycles. The van der Waals surface area contributed by atoms with Gasteiger partial charge >= 0.3 is 6.03 Å². The molecule has 0 radical (unpaired) electrons. The van der Waals surface area contributed by atoms with Gasteiger partial charge in [-0.2, -0.15) is 0 Å². The van der Waals surface area contributed by atoms with Crippen molar-refractivity contribution in [1.29, 1.82) is 0 Å². The fraction of sp³-hybridized carbons (Fsp3) is 0.889. The molecule has 84 valence electrons. The van der Waals surface area contributed by atoms with E-state index in [1.807, 2.05) is 6.92 Å². The molecule has 2 amide bonds. The van der Waals surface area contributed by atoms with E-state index >= 15 is 0 Å². The number of amides is 2. The molecular weight excluding hydrogens is 182 g/mol. The van der Waals surface area contributed by atoms with Crippen molar-refractivity contribution in [3.8, 4) is 0 Å². The van der Waals surface area contributed by atoms with Crippen molar-refractivity contribution in [1.82, 2.24) is 10.6 Å². The van der Waals surface area contributed by atoms with Crippen molar-refractivity contribution >= 4 is 6.03 Å². The van der Waals surface area contributed by atoms with Gasteiger partial charge in [0.05, 0.1) is 6.61 Å². The Morgan fingerprint density at radius 3 is 2.64 bits per heavy atom. The highest BCUT2D eigenvalue weighted by Crippen LogP contribution is 1.86. The summed E-state index contributed by atoms with van der Waals surface area (Å²) < 4.78 is 4.87. The maximum Gasteiger partial charge on any atom is 0.314 e. The maximum absolute atomic E-state index is 11.0. The van der Waals surface area contributed by atoms with Crippen molar-refractivity contribution in [2.75, 3.05) is 26.8 Å². The zero-order valence-electron chi connectivity index (χ0n) is 9.01. The van der Waals surface area contributed by atoms with Crippen LogP contribution >= 0.6 is 0 Å². The first-order valence-electron chi connectivity index (χ1n) is 4.97. The Bertz CT molecular complexity index is 153. The lowest BCUT2D eigenvalue weighted by molar-refractivity contribution is 0.176. The van der Waals surface area contributed by atoms with E-state index in [0.717, 1.165) is 12.8 Å². The molecule has 14 heavy (non-hydrogen) atoms. The molecule has 0 spiro atoms. The predicted octanol–water partition coefficient (Wildman–Crippen LogP) is 0.0594. The Balaban J connectivity index is 3.30. The molecular formula is C9H21N3O2. The highest BCUT2D eigenvalue weighted by atomic mass is 16.5. The number of nitrogens with one attached hydrogen (secondary N) is 2. The molecule has 0 saturated heterocycles. The predicted molar refractivity (Wildman–Crippen MR) is 56.2 cm³/mol. The van der Waals surface area contributed by atoms with Crippen LogP contribution in [0.5, 0.6) is 0 Å². The van der Waals surface area contributed by atoms with Crippen molar-refractivity contribution < 1.29 is 9.53 Å². The number of urea groups is 1. The average molecular weight is 203 g/mol. The summed E-state index contributed by atoms with van der Waals surface area (Å²) in [5.41, 5.74) is 5.67. The molecule has 0 fully saturated rings. The van der Waals surface area contributed by atoms with Gasteiger partial charge in [0.1, 0.15) is 0 Å². The lowest BCUT2D eigenvalue weighted by atomic mass is 10.2. The summed E-state index contributed by atoms with van der Waals surface area (Å²) in [4.78, 5) is 11.0. The van der Waals surface area contributed by atoms with Gasteiger partial charge in [0.15, 0.2) is 0 Å². The van der Waals surface area contributed by atoms with E-state index in [-0.39, 0.29) is 12.1 Å². The quantitative estimate of drug-likeness (QED) is 0.547. The van der Waals surface area contributed by atoms with E-state index < -0.39 is 0 Å². The van der Waals surface area contributed by atoms with Gasteiger partial charge in [0.25, 0.3) is 0 Å². The second-order valence-corrected chi connectivity index (χ2v) is 3.19. The van der Waals surface area contributed by atoms with Crippen LogP contribution in [0.1, 0.15) is 19.8 Å². The van der Waals surface area contributed by atoms with E-state index in [2.05, 4.69) is 10.6 Å². The molecule has 1 atom stereocenters. The van der Waals surface area contributed by atoms with E-state index in [4.69, 9.17) is 10.5 Å². The van der Waals surface area contributed by atoms with Crippen LogP contribution in [0.4, 0.5) is 4.79 Å². The second kappa shape index (κ2) is 8.77. The van der Waals surface area contributed by atoms with Crippen LogP contribution in [0.15, 0.2) is 0 Å². The van der Waals surface area contributed by atoms with Gasteiger partial charge in [-0.05, 0) is 12.8 Å². The number of hydrogen-bond donors (Lipinski definition) is 3. The molecule has 0 rings (SSSR count). The summed E-state index contributed by atoms with van der Waals surface area (Å²) in [6.07, 6.45) is 1.67. The largest absolute Gasteiger partial charge is 0.383 e. The standard InChI is InChI=1S/C9H21N3O2/c1-3-5-11-9(13)12-6-4-8(10)7-14-2/h8H,3-7,10H2,1-2H3,(H2,11,12,13). The Kier molecular flexibility index (Phi) is 8.27. The van der Waals surface area contributed by atoms with Crippen LogP contribution in [0.3, 0.4) is 0 Å². The third kappa shape index (κ3) is 7.82. The van der Waals surface area contributed by atoms with Gasteiger partial charge < -0.3 is 21.1 Å². The Morgan fingerprint density at radius 2 is 2.07 bits per heavy atom. The highest BCUT2D eigenvalue weighted by molar-refractivity contribution is 5.73. The molecule has 0 aromatic rings. The topological polar surface area (TPSA) is 76.4 Å². The van der Waals surface area contributed by atoms with E-state index in [0.29, 0.717) is 19.7 Å². The monoisotopic (exact) mass is 203 g/mol. The minimum atomic E-state index is -0.128. The van der Waals surface area contributed by atoms with Crippen molar-refractivity contribution in [2.24, 2.45) is 5.73 Å². The fourth-order valence-electron chi connectivity index (χ4n) is 0.970. The number of rotatable bonds is 7. The lowest BCUT2D eigenvalue weighted by Gasteiger charge is -2.11. The van der Waals surface area contributed by atoms with Gasteiger partial charge in [-0.3, -0.25) is 0 Å². The van der Waals surface area contributed by atoms with Crippen LogP contribution in [-0.2, 0) is 4.74 Å². The zero-order chi connectivity index (χ0) is 10.8. The number of carbonyl (C=O) groups excluding carboxylic acids is 1. The molecule has 1 unspecified atom stereocenters. The molecule has 0 aliphatic rings. The number of methoxy groups -OCH3 is 1. The Labute approximate surface area is 85.4 Å². The third-order valence-corrected chi connectivity index (χ3v) is 1.72. The summed E-state index contributed by atoms with van der Waals surface area (Å²) >= 11 is 0. The van der Waals surface area contributed by atoms with Crippen molar-refractivity contribution in [2.45, 2.75) is 25.8 Å². The zero-order valence-corrected chi connectivity index (χ0v) is 9.01. The summed E-state index contributed by atoms with van der Waals surface area (Å²) in [5.74, 6) is 0. The summed E-state index contributed by atoms with van der Waals surface area (Å²) in [5, 5.41) is 5.44. The average Bonchev–Trinajstić information content (AvgIpc) is 2.15. The van der Waals surface area contributed by atoms with Crippen molar-refractivity contribution in [3.05, 3.63) is 0 Å². The third-order valence-electron chi connectivity index (χ3n) is 1.72. The second-order valence-electron chi connectivity index (χ2n) is 3.19. The van der Waals surface area contributed by atoms with Gasteiger partial charge in [-0.1, -0.05) is 6.92 Å². The van der Waals surface area contributed by atoms with Gasteiger partial charge in [0.2, 0.25) is 0 Å². The molecule has 0 heterocycles. The van der Waals surface area contributed by atoms with Crippen LogP contribution < -0.4 is 16.4 Å². The normalized spacial score (nSPS) is 12.2. The number of hydrogen-bond acceptors (Lipinski definition) is 3. The minimum absolute atomic E-state index is 0.00789. The first-order valence-corrected chi connectivity index (χ1v) is 4.97. The van der Waals surface area contributed by atoms with E-state index in [1.54, 1.807) is 7.11 Å². The maximum atomic E-state index is 11.0. The minimum Gasteiger partial charge on any atom is -0.383 e. The van der Waals surface area contributed by atoms with Crippen LogP contribution in [0.2, 0.25) is 0 Å². The van der Waals surface area contributed by atoms with Crippen molar-refractivity contribution in [3.63, 3.8) is 0 Å². The summed E-state index contributed by atoms with van der Waals surface area (Å²) in [7, 11) is 1.61.